The molecule has 0 bridgehead atoms. The van der Waals surface area contributed by atoms with Crippen molar-refractivity contribution in [3.8, 4) is 0 Å². The highest BCUT2D eigenvalue weighted by atomic mass is 32.2. The smallest absolute Gasteiger partial charge is 0.338 e. The van der Waals surface area contributed by atoms with Gasteiger partial charge in [0, 0.05) is 35.8 Å². The number of aromatic nitrogens is 1. The number of carbonyl (C=O) groups excluding carboxylic acids is 2. The van der Waals surface area contributed by atoms with Gasteiger partial charge in [0.1, 0.15) is 0 Å². The topological polar surface area (TPSA) is 106 Å². The molecule has 1 aromatic heterocycles. The van der Waals surface area contributed by atoms with Crippen LogP contribution in [0.2, 0.25) is 0 Å². The molecule has 0 radical (unpaired) electrons. The zero-order valence-electron chi connectivity index (χ0n) is 17.8. The summed E-state index contributed by atoms with van der Waals surface area (Å²) in [5.41, 5.74) is 1.30. The minimum atomic E-state index is -3.80. The van der Waals surface area contributed by atoms with Crippen LogP contribution in [0, 0.1) is 0 Å². The third-order valence-corrected chi connectivity index (χ3v) is 7.15. The van der Waals surface area contributed by atoms with E-state index in [1.165, 1.54) is 28.6 Å². The monoisotopic (exact) mass is 456 g/mol. The fraction of sp³-hybridized carbons (Fsp3) is 0.304. The van der Waals surface area contributed by atoms with Crippen LogP contribution in [-0.2, 0) is 19.5 Å². The van der Waals surface area contributed by atoms with Crippen LogP contribution in [0.15, 0.2) is 59.6 Å². The number of nitrogens with one attached hydrogen (secondary N) is 1. The minimum Gasteiger partial charge on any atom is -0.454 e. The van der Waals surface area contributed by atoms with Gasteiger partial charge in [0.25, 0.3) is 0 Å². The first-order valence-corrected chi connectivity index (χ1v) is 11.7. The number of benzene rings is 2. The van der Waals surface area contributed by atoms with Crippen LogP contribution in [-0.4, -0.2) is 61.4 Å². The lowest BCUT2D eigenvalue weighted by Gasteiger charge is -2.34. The standard InChI is InChI=1S/C23H24N2O6S/c1-15-12-25(13-16(2)31-15)32(28,29)18-7-5-6-17(10-18)23(27)30-14-22(26)20-11-24-21-9-4-3-8-19(20)21/h3-11,15-16,24H,12-14H2,1-2H3/t15-,16+. The van der Waals surface area contributed by atoms with Crippen LogP contribution >= 0.6 is 0 Å². The molecule has 2 aromatic carbocycles. The molecule has 1 fully saturated rings. The molecule has 2 heterocycles. The van der Waals surface area contributed by atoms with Gasteiger partial charge < -0.3 is 14.5 Å². The molecule has 1 aliphatic rings. The lowest BCUT2D eigenvalue weighted by atomic mass is 10.1. The summed E-state index contributed by atoms with van der Waals surface area (Å²) in [6, 6.07) is 13.0. The molecular weight excluding hydrogens is 432 g/mol. The van der Waals surface area contributed by atoms with E-state index in [2.05, 4.69) is 4.98 Å². The number of carbonyl (C=O) groups is 2. The van der Waals surface area contributed by atoms with Crippen LogP contribution in [0.25, 0.3) is 10.9 Å². The van der Waals surface area contributed by atoms with E-state index < -0.39 is 22.6 Å². The predicted octanol–water partition coefficient (Wildman–Crippen LogP) is 3.01. The molecule has 0 aliphatic carbocycles. The molecule has 8 nitrogen and oxygen atoms in total. The average molecular weight is 457 g/mol. The second kappa shape index (κ2) is 8.85. The fourth-order valence-electron chi connectivity index (χ4n) is 3.85. The van der Waals surface area contributed by atoms with Crippen LogP contribution in [0.5, 0.6) is 0 Å². The number of H-pyrrole nitrogens is 1. The van der Waals surface area contributed by atoms with Gasteiger partial charge >= 0.3 is 5.97 Å². The molecule has 2 atom stereocenters. The fourth-order valence-corrected chi connectivity index (χ4v) is 5.49. The molecule has 0 saturated carbocycles. The first-order chi connectivity index (χ1) is 15.3. The van der Waals surface area contributed by atoms with Crippen molar-refractivity contribution in [1.29, 1.82) is 0 Å². The first kappa shape index (κ1) is 22.2. The summed E-state index contributed by atoms with van der Waals surface area (Å²) < 4.78 is 38.3. The molecule has 9 heteroatoms. The summed E-state index contributed by atoms with van der Waals surface area (Å²) >= 11 is 0. The summed E-state index contributed by atoms with van der Waals surface area (Å²) in [5, 5.41) is 0.746. The third-order valence-electron chi connectivity index (χ3n) is 5.32. The Kier molecular flexibility index (Phi) is 6.14. The van der Waals surface area contributed by atoms with Gasteiger partial charge in [-0.3, -0.25) is 4.79 Å². The minimum absolute atomic E-state index is 0.00351. The molecular formula is C23H24N2O6S. The maximum absolute atomic E-state index is 13.1. The van der Waals surface area contributed by atoms with Crippen LogP contribution in [0.3, 0.4) is 0 Å². The molecule has 3 aromatic rings. The highest BCUT2D eigenvalue weighted by molar-refractivity contribution is 7.89. The molecule has 168 valence electrons. The number of Topliss-reactive ketones (excluding diaryl/α,β-unsaturated/α-hetero) is 1. The maximum Gasteiger partial charge on any atom is 0.338 e. The molecule has 1 aliphatic heterocycles. The molecule has 4 rings (SSSR count). The van der Waals surface area contributed by atoms with Crippen molar-refractivity contribution >= 4 is 32.7 Å². The number of para-hydroxylation sites is 1. The Bertz CT molecular complexity index is 1260. The SMILES string of the molecule is C[C@@H]1CN(S(=O)(=O)c2cccc(C(=O)OCC(=O)c3c[nH]c4ccccc34)c2)C[C@H](C)O1. The van der Waals surface area contributed by atoms with Crippen molar-refractivity contribution in [1.82, 2.24) is 9.29 Å². The van der Waals surface area contributed by atoms with Crippen molar-refractivity contribution in [3.63, 3.8) is 0 Å². The third kappa shape index (κ3) is 4.45. The predicted molar refractivity (Wildman–Crippen MR) is 118 cm³/mol. The van der Waals surface area contributed by atoms with Crippen molar-refractivity contribution in [3.05, 3.63) is 65.9 Å². The lowest BCUT2D eigenvalue weighted by Crippen LogP contribution is -2.48. The zero-order chi connectivity index (χ0) is 22.9. The number of hydrogen-bond acceptors (Lipinski definition) is 6. The Morgan fingerprint density at radius 3 is 2.56 bits per heavy atom. The number of aromatic amines is 1. The van der Waals surface area contributed by atoms with Crippen molar-refractivity contribution in [2.24, 2.45) is 0 Å². The van der Waals surface area contributed by atoms with Crippen molar-refractivity contribution in [2.45, 2.75) is 31.0 Å². The number of fused-ring (bicyclic) bond motifs is 1. The molecule has 0 amide bonds. The number of nitrogens with zero attached hydrogens (tertiary/aromatic N) is 1. The molecule has 0 spiro atoms. The quantitative estimate of drug-likeness (QED) is 0.452. The normalized spacial score (nSPS) is 19.7. The summed E-state index contributed by atoms with van der Waals surface area (Å²) in [6.07, 6.45) is 1.13. The van der Waals surface area contributed by atoms with Gasteiger partial charge in [-0.05, 0) is 38.1 Å². The van der Waals surface area contributed by atoms with Crippen molar-refractivity contribution in [2.75, 3.05) is 19.7 Å². The van der Waals surface area contributed by atoms with Crippen LogP contribution in [0.1, 0.15) is 34.6 Å². The second-order valence-electron chi connectivity index (χ2n) is 7.85. The average Bonchev–Trinajstić information content (AvgIpc) is 3.21. The number of hydrogen-bond donors (Lipinski definition) is 1. The Hall–Kier alpha value is -3.01. The number of rotatable bonds is 6. The van der Waals surface area contributed by atoms with Gasteiger partial charge in [0.15, 0.2) is 6.61 Å². The Balaban J connectivity index is 1.47. The summed E-state index contributed by atoms with van der Waals surface area (Å²) in [5.74, 6) is -1.12. The summed E-state index contributed by atoms with van der Waals surface area (Å²) in [7, 11) is -3.80. The van der Waals surface area contributed by atoms with Gasteiger partial charge in [0.05, 0.1) is 22.7 Å². The van der Waals surface area contributed by atoms with Gasteiger partial charge in [-0.25, -0.2) is 13.2 Å². The van der Waals surface area contributed by atoms with E-state index in [-0.39, 0.29) is 41.5 Å². The zero-order valence-corrected chi connectivity index (χ0v) is 18.6. The number of morpholine rings is 1. The summed E-state index contributed by atoms with van der Waals surface area (Å²) in [6.45, 7) is 3.66. The number of esters is 1. The largest absolute Gasteiger partial charge is 0.454 e. The van der Waals surface area contributed by atoms with Crippen molar-refractivity contribution < 1.29 is 27.5 Å². The molecule has 0 unspecified atom stereocenters. The number of sulfonamides is 1. The lowest BCUT2D eigenvalue weighted by molar-refractivity contribution is -0.0440. The van der Waals surface area contributed by atoms with E-state index in [9.17, 15) is 18.0 Å². The van der Waals surface area contributed by atoms with E-state index in [1.807, 2.05) is 38.1 Å². The molecule has 1 saturated heterocycles. The van der Waals surface area contributed by atoms with E-state index in [0.29, 0.717) is 5.56 Å². The Morgan fingerprint density at radius 2 is 1.81 bits per heavy atom. The van der Waals surface area contributed by atoms with E-state index in [4.69, 9.17) is 9.47 Å². The Labute approximate surface area is 186 Å². The van der Waals surface area contributed by atoms with Gasteiger partial charge in [-0.15, -0.1) is 0 Å². The van der Waals surface area contributed by atoms with E-state index in [0.717, 1.165) is 10.9 Å². The van der Waals surface area contributed by atoms with Gasteiger partial charge in [-0.1, -0.05) is 24.3 Å². The maximum atomic E-state index is 13.1. The Morgan fingerprint density at radius 1 is 1.09 bits per heavy atom. The van der Waals surface area contributed by atoms with Gasteiger partial charge in [0.2, 0.25) is 15.8 Å². The van der Waals surface area contributed by atoms with Gasteiger partial charge in [-0.2, -0.15) is 4.31 Å². The first-order valence-electron chi connectivity index (χ1n) is 10.3. The van der Waals surface area contributed by atoms with Crippen LogP contribution < -0.4 is 0 Å². The summed E-state index contributed by atoms with van der Waals surface area (Å²) in [4.78, 5) is 28.1. The number of ketones is 1. The second-order valence-corrected chi connectivity index (χ2v) is 9.79. The van der Waals surface area contributed by atoms with E-state index in [1.54, 1.807) is 6.20 Å². The van der Waals surface area contributed by atoms with E-state index >= 15 is 0 Å². The number of ether oxygens (including phenoxy) is 2. The van der Waals surface area contributed by atoms with Crippen LogP contribution in [0.4, 0.5) is 0 Å². The molecule has 32 heavy (non-hydrogen) atoms. The molecule has 1 N–H and O–H groups in total. The highest BCUT2D eigenvalue weighted by Crippen LogP contribution is 2.22. The highest BCUT2D eigenvalue weighted by Gasteiger charge is 2.32.